The van der Waals surface area contributed by atoms with E-state index < -0.39 is 6.09 Å². The molecule has 0 fully saturated rings. The molecule has 2 aromatic rings. The van der Waals surface area contributed by atoms with Crippen LogP contribution in [0, 0.1) is 18.3 Å². The number of hydrogen-bond acceptors (Lipinski definition) is 2. The largest absolute Gasteiger partial charge is 0.464 e. The zero-order valence-electron chi connectivity index (χ0n) is 8.06. The molecule has 0 saturated heterocycles. The van der Waals surface area contributed by atoms with Crippen LogP contribution in [0.4, 0.5) is 4.79 Å². The first kappa shape index (κ1) is 9.28. The lowest BCUT2D eigenvalue weighted by molar-refractivity contribution is 0.197. The van der Waals surface area contributed by atoms with Crippen molar-refractivity contribution in [1.29, 1.82) is 5.26 Å². The van der Waals surface area contributed by atoms with Gasteiger partial charge in [0.2, 0.25) is 0 Å². The molecule has 0 unspecified atom stereocenters. The van der Waals surface area contributed by atoms with Crippen molar-refractivity contribution in [3.8, 4) is 6.07 Å². The summed E-state index contributed by atoms with van der Waals surface area (Å²) in [6.07, 6.45) is -1.06. The Hall–Kier alpha value is -2.28. The van der Waals surface area contributed by atoms with Crippen LogP contribution in [-0.4, -0.2) is 15.8 Å². The molecule has 15 heavy (non-hydrogen) atoms. The van der Waals surface area contributed by atoms with Gasteiger partial charge in [0.1, 0.15) is 6.07 Å². The van der Waals surface area contributed by atoms with Crippen LogP contribution < -0.4 is 0 Å². The van der Waals surface area contributed by atoms with Gasteiger partial charge in [-0.1, -0.05) is 18.2 Å². The summed E-state index contributed by atoms with van der Waals surface area (Å²) in [7, 11) is 0. The average Bonchev–Trinajstić information content (AvgIpc) is 2.49. The molecule has 0 aliphatic heterocycles. The van der Waals surface area contributed by atoms with Gasteiger partial charge in [-0.2, -0.15) is 5.26 Å². The van der Waals surface area contributed by atoms with Crippen LogP contribution in [0.1, 0.15) is 11.3 Å². The van der Waals surface area contributed by atoms with Gasteiger partial charge in [0.15, 0.2) is 0 Å². The molecule has 74 valence electrons. The first-order chi connectivity index (χ1) is 7.16. The number of hydrogen-bond donors (Lipinski definition) is 1. The van der Waals surface area contributed by atoms with E-state index in [0.29, 0.717) is 22.2 Å². The van der Waals surface area contributed by atoms with Crippen molar-refractivity contribution >= 4 is 17.0 Å². The Morgan fingerprint density at radius 2 is 2.13 bits per heavy atom. The number of aromatic nitrogens is 1. The Balaban J connectivity index is 2.99. The second-order valence-corrected chi connectivity index (χ2v) is 3.21. The number of nitriles is 1. The van der Waals surface area contributed by atoms with Crippen LogP contribution in [-0.2, 0) is 0 Å². The molecule has 2 rings (SSSR count). The van der Waals surface area contributed by atoms with E-state index in [1.54, 1.807) is 31.2 Å². The minimum Gasteiger partial charge on any atom is -0.464 e. The number of para-hydroxylation sites is 1. The molecule has 0 aliphatic rings. The summed E-state index contributed by atoms with van der Waals surface area (Å²) in [6.45, 7) is 1.63. The predicted molar refractivity (Wildman–Crippen MR) is 54.8 cm³/mol. The average molecular weight is 200 g/mol. The summed E-state index contributed by atoms with van der Waals surface area (Å²) in [5, 5.41) is 18.7. The second kappa shape index (κ2) is 3.14. The molecule has 1 aromatic carbocycles. The fourth-order valence-corrected chi connectivity index (χ4v) is 1.76. The third-order valence-corrected chi connectivity index (χ3v) is 2.41. The molecule has 0 amide bonds. The lowest BCUT2D eigenvalue weighted by Crippen LogP contribution is -2.09. The van der Waals surface area contributed by atoms with Crippen molar-refractivity contribution in [2.24, 2.45) is 0 Å². The minimum absolute atomic E-state index is 0.424. The number of nitrogens with zero attached hydrogens (tertiary/aromatic N) is 2. The van der Waals surface area contributed by atoms with Crippen LogP contribution >= 0.6 is 0 Å². The number of carboxylic acid groups (broad SMARTS) is 1. The molecule has 0 atom stereocenters. The van der Waals surface area contributed by atoms with Crippen molar-refractivity contribution in [3.05, 3.63) is 35.5 Å². The van der Waals surface area contributed by atoms with E-state index in [0.717, 1.165) is 4.57 Å². The zero-order valence-corrected chi connectivity index (χ0v) is 8.06. The van der Waals surface area contributed by atoms with E-state index in [4.69, 9.17) is 10.4 Å². The summed E-state index contributed by atoms with van der Waals surface area (Å²) >= 11 is 0. The van der Waals surface area contributed by atoms with Gasteiger partial charge in [-0.15, -0.1) is 0 Å². The van der Waals surface area contributed by atoms with Crippen LogP contribution in [0.25, 0.3) is 10.9 Å². The maximum atomic E-state index is 11.0. The molecule has 0 aliphatic carbocycles. The standard InChI is InChI=1S/C11H8N2O2/c1-7-9(6-12)8-4-2-3-5-10(8)13(7)11(14)15/h2-5H,1H3,(H,14,15). The molecule has 4 nitrogen and oxygen atoms in total. The van der Waals surface area contributed by atoms with E-state index in [9.17, 15) is 4.79 Å². The number of rotatable bonds is 0. The van der Waals surface area contributed by atoms with Crippen LogP contribution in [0.5, 0.6) is 0 Å². The summed E-state index contributed by atoms with van der Waals surface area (Å²) in [5.41, 5.74) is 1.44. The third kappa shape index (κ3) is 1.17. The highest BCUT2D eigenvalue weighted by Crippen LogP contribution is 2.24. The molecule has 1 aromatic heterocycles. The highest BCUT2D eigenvalue weighted by molar-refractivity contribution is 5.94. The molecular formula is C11H8N2O2. The van der Waals surface area contributed by atoms with Gasteiger partial charge >= 0.3 is 6.09 Å². The number of carbonyl (C=O) groups is 1. The molecule has 1 N–H and O–H groups in total. The predicted octanol–water partition coefficient (Wildman–Crippen LogP) is 2.35. The Bertz CT molecular complexity index is 590. The molecule has 1 heterocycles. The highest BCUT2D eigenvalue weighted by Gasteiger charge is 2.16. The van der Waals surface area contributed by atoms with E-state index in [1.165, 1.54) is 0 Å². The molecule has 0 saturated carbocycles. The molecule has 0 radical (unpaired) electrons. The molecular weight excluding hydrogens is 192 g/mol. The SMILES string of the molecule is Cc1c(C#N)c2ccccc2n1C(=O)O. The first-order valence-electron chi connectivity index (χ1n) is 4.40. The van der Waals surface area contributed by atoms with Crippen LogP contribution in [0.2, 0.25) is 0 Å². The third-order valence-electron chi connectivity index (χ3n) is 2.41. The Labute approximate surface area is 86.0 Å². The quantitative estimate of drug-likeness (QED) is 0.709. The molecule has 4 heteroatoms. The maximum absolute atomic E-state index is 11.0. The number of benzene rings is 1. The van der Waals surface area contributed by atoms with Crippen molar-refractivity contribution < 1.29 is 9.90 Å². The fraction of sp³-hybridized carbons (Fsp3) is 0.0909. The van der Waals surface area contributed by atoms with Gasteiger partial charge in [-0.05, 0) is 13.0 Å². The van der Waals surface area contributed by atoms with Crippen LogP contribution in [0.15, 0.2) is 24.3 Å². The zero-order chi connectivity index (χ0) is 11.0. The van der Waals surface area contributed by atoms with Gasteiger partial charge in [0.25, 0.3) is 0 Å². The Morgan fingerprint density at radius 1 is 1.47 bits per heavy atom. The first-order valence-corrected chi connectivity index (χ1v) is 4.40. The highest BCUT2D eigenvalue weighted by atomic mass is 16.4. The van der Waals surface area contributed by atoms with Crippen LogP contribution in [0.3, 0.4) is 0 Å². The normalized spacial score (nSPS) is 10.1. The maximum Gasteiger partial charge on any atom is 0.416 e. The molecule has 0 bridgehead atoms. The van der Waals surface area contributed by atoms with Gasteiger partial charge in [-0.3, -0.25) is 0 Å². The summed E-state index contributed by atoms with van der Waals surface area (Å²) < 4.78 is 1.13. The Morgan fingerprint density at radius 3 is 2.73 bits per heavy atom. The van der Waals surface area contributed by atoms with Crippen molar-refractivity contribution in [2.45, 2.75) is 6.92 Å². The number of fused-ring (bicyclic) bond motifs is 1. The van der Waals surface area contributed by atoms with Gasteiger partial charge in [-0.25, -0.2) is 9.36 Å². The summed E-state index contributed by atoms with van der Waals surface area (Å²) in [6, 6.07) is 9.01. The lowest BCUT2D eigenvalue weighted by Gasteiger charge is -1.99. The second-order valence-electron chi connectivity index (χ2n) is 3.21. The fourth-order valence-electron chi connectivity index (χ4n) is 1.76. The Kier molecular flexibility index (Phi) is 1.94. The van der Waals surface area contributed by atoms with Gasteiger partial charge in [0, 0.05) is 11.1 Å². The lowest BCUT2D eigenvalue weighted by atomic mass is 10.1. The summed E-state index contributed by atoms with van der Waals surface area (Å²) in [5.74, 6) is 0. The summed E-state index contributed by atoms with van der Waals surface area (Å²) in [4.78, 5) is 11.0. The molecule has 0 spiro atoms. The van der Waals surface area contributed by atoms with Crippen molar-refractivity contribution in [3.63, 3.8) is 0 Å². The monoisotopic (exact) mass is 200 g/mol. The van der Waals surface area contributed by atoms with E-state index in [-0.39, 0.29) is 0 Å². The van der Waals surface area contributed by atoms with Gasteiger partial charge in [0.05, 0.1) is 11.1 Å². The van der Waals surface area contributed by atoms with E-state index >= 15 is 0 Å². The minimum atomic E-state index is -1.06. The van der Waals surface area contributed by atoms with E-state index in [2.05, 4.69) is 0 Å². The topological polar surface area (TPSA) is 66.0 Å². The van der Waals surface area contributed by atoms with Crippen molar-refractivity contribution in [2.75, 3.05) is 0 Å². The van der Waals surface area contributed by atoms with E-state index in [1.807, 2.05) is 6.07 Å². The smallest absolute Gasteiger partial charge is 0.416 e. The van der Waals surface area contributed by atoms with Gasteiger partial charge < -0.3 is 5.11 Å². The van der Waals surface area contributed by atoms with Crippen molar-refractivity contribution in [1.82, 2.24) is 4.57 Å².